The molecule has 0 radical (unpaired) electrons. The zero-order valence-corrected chi connectivity index (χ0v) is 14.0. The summed E-state index contributed by atoms with van der Waals surface area (Å²) in [6.45, 7) is 0. The lowest BCUT2D eigenvalue weighted by atomic mass is 10.2. The van der Waals surface area contributed by atoms with Crippen molar-refractivity contribution in [3.05, 3.63) is 66.4 Å². The van der Waals surface area contributed by atoms with Gasteiger partial charge >= 0.3 is 0 Å². The summed E-state index contributed by atoms with van der Waals surface area (Å²) in [5, 5.41) is 0. The molecule has 128 valence electrons. The molecule has 1 aromatic heterocycles. The van der Waals surface area contributed by atoms with Crippen LogP contribution in [0, 0.1) is 5.82 Å². The van der Waals surface area contributed by atoms with Crippen LogP contribution < -0.4 is 4.72 Å². The first-order valence-corrected chi connectivity index (χ1v) is 9.35. The number of nitrogens with zero attached hydrogens (tertiary/aromatic N) is 1. The number of aromatic nitrogens is 1. The van der Waals surface area contributed by atoms with E-state index in [2.05, 4.69) is 9.71 Å². The van der Waals surface area contributed by atoms with E-state index in [1.165, 1.54) is 30.3 Å². The molecule has 1 fully saturated rings. The minimum Gasteiger partial charge on any atom is -0.440 e. The first-order chi connectivity index (χ1) is 12.0. The number of para-hydroxylation sites is 1. The van der Waals surface area contributed by atoms with Crippen molar-refractivity contribution in [2.24, 2.45) is 0 Å². The van der Waals surface area contributed by atoms with E-state index in [0.717, 1.165) is 24.3 Å². The van der Waals surface area contributed by atoms with E-state index in [9.17, 15) is 12.8 Å². The highest BCUT2D eigenvalue weighted by molar-refractivity contribution is 7.92. The van der Waals surface area contributed by atoms with Crippen molar-refractivity contribution in [1.82, 2.24) is 4.98 Å². The van der Waals surface area contributed by atoms with Gasteiger partial charge in [0.25, 0.3) is 10.0 Å². The molecule has 4 rings (SSSR count). The first-order valence-electron chi connectivity index (χ1n) is 7.86. The van der Waals surface area contributed by atoms with Gasteiger partial charge in [0.15, 0.2) is 11.7 Å². The van der Waals surface area contributed by atoms with Crippen molar-refractivity contribution >= 4 is 15.7 Å². The molecule has 0 amide bonds. The van der Waals surface area contributed by atoms with Crippen molar-refractivity contribution < 1.29 is 17.2 Å². The van der Waals surface area contributed by atoms with Crippen LogP contribution in [0.1, 0.15) is 24.7 Å². The van der Waals surface area contributed by atoms with E-state index < -0.39 is 15.8 Å². The van der Waals surface area contributed by atoms with E-state index in [1.807, 2.05) is 0 Å². The molecule has 0 spiro atoms. The summed E-state index contributed by atoms with van der Waals surface area (Å²) < 4.78 is 46.4. The van der Waals surface area contributed by atoms with Gasteiger partial charge in [-0.1, -0.05) is 12.1 Å². The van der Waals surface area contributed by atoms with Crippen LogP contribution in [0.4, 0.5) is 10.1 Å². The molecule has 0 unspecified atom stereocenters. The molecule has 1 N–H and O–H groups in total. The topological polar surface area (TPSA) is 72.2 Å². The van der Waals surface area contributed by atoms with Crippen molar-refractivity contribution in [2.75, 3.05) is 4.72 Å². The van der Waals surface area contributed by atoms with Crippen LogP contribution in [0.2, 0.25) is 0 Å². The average Bonchev–Trinajstić information content (AvgIpc) is 3.34. The van der Waals surface area contributed by atoms with Gasteiger partial charge in [0, 0.05) is 11.5 Å². The van der Waals surface area contributed by atoms with Gasteiger partial charge in [-0.3, -0.25) is 4.72 Å². The summed E-state index contributed by atoms with van der Waals surface area (Å²) in [5.41, 5.74) is 0.653. The molecule has 5 nitrogen and oxygen atoms in total. The van der Waals surface area contributed by atoms with Crippen molar-refractivity contribution in [1.29, 1.82) is 0 Å². The summed E-state index contributed by atoms with van der Waals surface area (Å²) >= 11 is 0. The third kappa shape index (κ3) is 3.28. The number of halogens is 1. The van der Waals surface area contributed by atoms with Gasteiger partial charge in [0.1, 0.15) is 5.82 Å². The minimum atomic E-state index is -3.87. The lowest BCUT2D eigenvalue weighted by Gasteiger charge is -2.09. The van der Waals surface area contributed by atoms with Gasteiger partial charge in [-0.15, -0.1) is 0 Å². The molecule has 0 aliphatic heterocycles. The van der Waals surface area contributed by atoms with Crippen LogP contribution in [0.3, 0.4) is 0 Å². The Balaban J connectivity index is 1.57. The molecular weight excluding hydrogens is 343 g/mol. The largest absolute Gasteiger partial charge is 0.440 e. The molecule has 25 heavy (non-hydrogen) atoms. The molecule has 1 aliphatic carbocycles. The molecule has 1 heterocycles. The zero-order valence-electron chi connectivity index (χ0n) is 13.1. The fraction of sp³-hybridized carbons (Fsp3) is 0.167. The predicted molar refractivity (Wildman–Crippen MR) is 91.1 cm³/mol. The SMILES string of the molecule is O=S(=O)(Nc1ccccc1F)c1ccc(-c2cnc(C3CC3)o2)cc1. The normalized spacial score (nSPS) is 14.4. The molecule has 0 atom stereocenters. The number of hydrogen-bond acceptors (Lipinski definition) is 4. The van der Waals surface area contributed by atoms with Crippen LogP contribution in [-0.2, 0) is 10.0 Å². The van der Waals surface area contributed by atoms with Gasteiger partial charge in [-0.25, -0.2) is 17.8 Å². The fourth-order valence-corrected chi connectivity index (χ4v) is 3.55. The summed E-state index contributed by atoms with van der Waals surface area (Å²) in [7, 11) is -3.87. The monoisotopic (exact) mass is 358 g/mol. The molecule has 0 saturated heterocycles. The second kappa shape index (κ2) is 6.00. The predicted octanol–water partition coefficient (Wildman–Crippen LogP) is 4.16. The third-order valence-corrected chi connectivity index (χ3v) is 5.40. The number of hydrogen-bond donors (Lipinski definition) is 1. The van der Waals surface area contributed by atoms with Crippen molar-refractivity contribution in [2.45, 2.75) is 23.7 Å². The van der Waals surface area contributed by atoms with Gasteiger partial charge in [0.2, 0.25) is 0 Å². The number of nitrogens with one attached hydrogen (secondary N) is 1. The van der Waals surface area contributed by atoms with Crippen molar-refractivity contribution in [3.63, 3.8) is 0 Å². The summed E-state index contributed by atoms with van der Waals surface area (Å²) in [4.78, 5) is 4.30. The maximum atomic E-state index is 13.6. The van der Waals surface area contributed by atoms with Crippen LogP contribution in [0.5, 0.6) is 0 Å². The lowest BCUT2D eigenvalue weighted by Crippen LogP contribution is -2.13. The van der Waals surface area contributed by atoms with E-state index in [0.29, 0.717) is 11.7 Å². The molecule has 1 saturated carbocycles. The van der Waals surface area contributed by atoms with E-state index in [1.54, 1.807) is 24.4 Å². The molecule has 1 aliphatic rings. The Hall–Kier alpha value is -2.67. The van der Waals surface area contributed by atoms with Crippen LogP contribution in [-0.4, -0.2) is 13.4 Å². The van der Waals surface area contributed by atoms with E-state index >= 15 is 0 Å². The minimum absolute atomic E-state index is 0.0430. The number of oxazole rings is 1. The standard InChI is InChI=1S/C18H15FN2O3S/c19-15-3-1-2-4-16(15)21-25(22,23)14-9-7-12(8-10-14)17-11-20-18(24-17)13-5-6-13/h1-4,7-11,13,21H,5-6H2. The van der Waals surface area contributed by atoms with Crippen LogP contribution in [0.15, 0.2) is 64.0 Å². The van der Waals surface area contributed by atoms with Crippen LogP contribution >= 0.6 is 0 Å². The molecule has 7 heteroatoms. The smallest absolute Gasteiger partial charge is 0.261 e. The second-order valence-corrected chi connectivity index (χ2v) is 7.63. The van der Waals surface area contributed by atoms with E-state index in [-0.39, 0.29) is 10.6 Å². The van der Waals surface area contributed by atoms with E-state index in [4.69, 9.17) is 4.42 Å². The Morgan fingerprint density at radius 3 is 2.48 bits per heavy atom. The van der Waals surface area contributed by atoms with Gasteiger partial charge in [0.05, 0.1) is 16.8 Å². The average molecular weight is 358 g/mol. The Morgan fingerprint density at radius 1 is 1.08 bits per heavy atom. The maximum Gasteiger partial charge on any atom is 0.261 e. The number of anilines is 1. The number of sulfonamides is 1. The zero-order chi connectivity index (χ0) is 17.4. The van der Waals surface area contributed by atoms with Gasteiger partial charge in [-0.2, -0.15) is 0 Å². The molecular formula is C18H15FN2O3S. The quantitative estimate of drug-likeness (QED) is 0.743. The Labute approximate surface area is 144 Å². The third-order valence-electron chi connectivity index (χ3n) is 4.02. The van der Waals surface area contributed by atoms with Crippen LogP contribution in [0.25, 0.3) is 11.3 Å². The summed E-state index contributed by atoms with van der Waals surface area (Å²) in [6.07, 6.45) is 3.84. The highest BCUT2D eigenvalue weighted by Crippen LogP contribution is 2.40. The molecule has 3 aromatic rings. The Bertz CT molecular complexity index is 1010. The lowest BCUT2D eigenvalue weighted by molar-refractivity contribution is 0.509. The Morgan fingerprint density at radius 2 is 1.80 bits per heavy atom. The summed E-state index contributed by atoms with van der Waals surface area (Å²) in [5.74, 6) is 1.12. The summed E-state index contributed by atoms with van der Waals surface area (Å²) in [6, 6.07) is 11.8. The molecule has 0 bridgehead atoms. The first kappa shape index (κ1) is 15.8. The highest BCUT2D eigenvalue weighted by atomic mass is 32.2. The fourth-order valence-electron chi connectivity index (χ4n) is 2.49. The maximum absolute atomic E-state index is 13.6. The number of benzene rings is 2. The van der Waals surface area contributed by atoms with Gasteiger partial charge in [-0.05, 0) is 49.2 Å². The van der Waals surface area contributed by atoms with Crippen molar-refractivity contribution in [3.8, 4) is 11.3 Å². The molecule has 2 aromatic carbocycles. The highest BCUT2D eigenvalue weighted by Gasteiger charge is 2.28. The number of rotatable bonds is 5. The Kier molecular flexibility index (Phi) is 3.80. The van der Waals surface area contributed by atoms with Gasteiger partial charge < -0.3 is 4.42 Å². The second-order valence-electron chi connectivity index (χ2n) is 5.95.